The molecule has 5 nitrogen and oxygen atoms in total. The molecule has 1 atom stereocenters. The van der Waals surface area contributed by atoms with Crippen LogP contribution in [0.1, 0.15) is 44.7 Å². The Morgan fingerprint density at radius 3 is 2.50 bits per heavy atom. The third kappa shape index (κ3) is 3.78. The summed E-state index contributed by atoms with van der Waals surface area (Å²) in [5, 5.41) is 5.93. The molecule has 0 spiro atoms. The lowest BCUT2D eigenvalue weighted by Crippen LogP contribution is -2.49. The number of rotatable bonds is 5. The third-order valence-electron chi connectivity index (χ3n) is 4.65. The molecule has 6 heteroatoms. The average Bonchev–Trinajstić information content (AvgIpc) is 3.06. The maximum atomic E-state index is 13.8. The summed E-state index contributed by atoms with van der Waals surface area (Å²) in [6.45, 7) is 5.96. The van der Waals surface area contributed by atoms with Gasteiger partial charge in [0.15, 0.2) is 0 Å². The van der Waals surface area contributed by atoms with Crippen molar-refractivity contribution in [2.45, 2.75) is 39.3 Å². The number of hydrogen-bond acceptors (Lipinski definition) is 4. The normalized spacial score (nSPS) is 19.3. The van der Waals surface area contributed by atoms with Crippen molar-refractivity contribution in [1.29, 1.82) is 0 Å². The van der Waals surface area contributed by atoms with E-state index in [-0.39, 0.29) is 11.8 Å². The van der Waals surface area contributed by atoms with Crippen molar-refractivity contribution in [3.63, 3.8) is 0 Å². The molecule has 1 unspecified atom stereocenters. The second-order valence-electron chi connectivity index (χ2n) is 7.93. The molecule has 0 fully saturated rings. The number of benzene rings is 2. The summed E-state index contributed by atoms with van der Waals surface area (Å²) in [5.74, 6) is -0.352. The Morgan fingerprint density at radius 2 is 1.89 bits per heavy atom. The Kier molecular flexibility index (Phi) is 5.52. The molecule has 2 aromatic rings. The van der Waals surface area contributed by atoms with E-state index in [2.05, 4.69) is 5.10 Å². The van der Waals surface area contributed by atoms with Crippen LogP contribution in [-0.4, -0.2) is 23.4 Å². The van der Waals surface area contributed by atoms with E-state index < -0.39 is 17.0 Å². The van der Waals surface area contributed by atoms with Crippen molar-refractivity contribution < 1.29 is 13.9 Å². The first-order valence-corrected chi connectivity index (χ1v) is 9.42. The number of hydrogen-bond donors (Lipinski definition) is 1. The molecule has 1 heterocycles. The van der Waals surface area contributed by atoms with Gasteiger partial charge in [-0.25, -0.2) is 4.39 Å². The molecular formula is C22H26FN3O2. The maximum absolute atomic E-state index is 13.8. The number of ether oxygens (including phenoxy) is 1. The molecule has 1 aliphatic rings. The Balaban J connectivity index is 2.14. The fourth-order valence-electron chi connectivity index (χ4n) is 3.18. The van der Waals surface area contributed by atoms with Gasteiger partial charge in [-0.05, 0) is 31.2 Å². The Hall–Kier alpha value is -2.73. The molecule has 148 valence electrons. The predicted octanol–water partition coefficient (Wildman–Crippen LogP) is 3.98. The SMILES string of the molecule is CC(C)(C)C(=O)N1N=C(c2cccc(F)c2)OC1(CCCN)c1ccccc1. The van der Waals surface area contributed by atoms with Crippen molar-refractivity contribution in [3.8, 4) is 0 Å². The van der Waals surface area contributed by atoms with Gasteiger partial charge in [0.25, 0.3) is 5.91 Å². The molecule has 28 heavy (non-hydrogen) atoms. The number of halogens is 1. The molecule has 1 amide bonds. The van der Waals surface area contributed by atoms with Crippen LogP contribution in [0.2, 0.25) is 0 Å². The van der Waals surface area contributed by atoms with Crippen LogP contribution < -0.4 is 5.73 Å². The summed E-state index contributed by atoms with van der Waals surface area (Å²) in [5.41, 5.74) is 5.26. The van der Waals surface area contributed by atoms with Crippen LogP contribution in [0.25, 0.3) is 0 Å². The number of carbonyl (C=O) groups excluding carboxylic acids is 1. The molecule has 0 aromatic heterocycles. The van der Waals surface area contributed by atoms with E-state index in [1.54, 1.807) is 12.1 Å². The fraction of sp³-hybridized carbons (Fsp3) is 0.364. The Labute approximate surface area is 165 Å². The number of nitrogens with two attached hydrogens (primary N) is 1. The average molecular weight is 383 g/mol. The highest BCUT2D eigenvalue weighted by molar-refractivity contribution is 5.97. The van der Waals surface area contributed by atoms with Gasteiger partial charge in [0.1, 0.15) is 5.82 Å². The summed E-state index contributed by atoms with van der Waals surface area (Å²) >= 11 is 0. The highest BCUT2D eigenvalue weighted by Gasteiger charge is 2.51. The Bertz CT molecular complexity index is 877. The summed E-state index contributed by atoms with van der Waals surface area (Å²) < 4.78 is 20.1. The lowest BCUT2D eigenvalue weighted by atomic mass is 9.91. The van der Waals surface area contributed by atoms with Gasteiger partial charge in [-0.15, -0.1) is 5.10 Å². The molecular weight excluding hydrogens is 357 g/mol. The van der Waals surface area contributed by atoms with E-state index >= 15 is 0 Å². The van der Waals surface area contributed by atoms with E-state index in [4.69, 9.17) is 10.5 Å². The number of amides is 1. The minimum Gasteiger partial charge on any atom is -0.443 e. The van der Waals surface area contributed by atoms with Crippen molar-refractivity contribution in [1.82, 2.24) is 5.01 Å². The van der Waals surface area contributed by atoms with Crippen molar-refractivity contribution in [2.24, 2.45) is 16.3 Å². The molecule has 0 saturated carbocycles. The summed E-state index contributed by atoms with van der Waals surface area (Å²) in [4.78, 5) is 13.3. The van der Waals surface area contributed by atoms with E-state index in [9.17, 15) is 9.18 Å². The highest BCUT2D eigenvalue weighted by atomic mass is 19.1. The first-order valence-electron chi connectivity index (χ1n) is 9.42. The minimum atomic E-state index is -1.12. The smallest absolute Gasteiger partial charge is 0.251 e. The summed E-state index contributed by atoms with van der Waals surface area (Å²) in [7, 11) is 0. The molecule has 0 bridgehead atoms. The van der Waals surface area contributed by atoms with Crippen molar-refractivity contribution in [3.05, 3.63) is 71.5 Å². The molecule has 3 rings (SSSR count). The van der Waals surface area contributed by atoms with Gasteiger partial charge in [0, 0.05) is 23.0 Å². The van der Waals surface area contributed by atoms with Crippen LogP contribution in [0.15, 0.2) is 59.7 Å². The highest BCUT2D eigenvalue weighted by Crippen LogP contribution is 2.42. The van der Waals surface area contributed by atoms with Crippen molar-refractivity contribution in [2.75, 3.05) is 6.54 Å². The maximum Gasteiger partial charge on any atom is 0.251 e. The summed E-state index contributed by atoms with van der Waals surface area (Å²) in [6, 6.07) is 15.5. The van der Waals surface area contributed by atoms with E-state index in [1.807, 2.05) is 51.1 Å². The zero-order valence-electron chi connectivity index (χ0n) is 16.5. The van der Waals surface area contributed by atoms with E-state index in [0.29, 0.717) is 24.9 Å². The first kappa shape index (κ1) is 20.0. The van der Waals surface area contributed by atoms with Gasteiger partial charge in [0.2, 0.25) is 11.6 Å². The standard InChI is InChI=1S/C22H26FN3O2/c1-21(2,3)20(27)26-22(13-8-14-24,17-10-5-4-6-11-17)28-19(25-26)16-9-7-12-18(23)15-16/h4-7,9-12,15H,8,13-14,24H2,1-3H3. The van der Waals surface area contributed by atoms with Crippen LogP contribution >= 0.6 is 0 Å². The topological polar surface area (TPSA) is 67.9 Å². The molecule has 2 aromatic carbocycles. The van der Waals surface area contributed by atoms with Crippen LogP contribution in [0, 0.1) is 11.2 Å². The molecule has 0 radical (unpaired) electrons. The lowest BCUT2D eigenvalue weighted by molar-refractivity contribution is -0.161. The minimum absolute atomic E-state index is 0.181. The van der Waals surface area contributed by atoms with Crippen molar-refractivity contribution >= 4 is 11.8 Å². The first-order chi connectivity index (χ1) is 13.3. The zero-order valence-corrected chi connectivity index (χ0v) is 16.5. The van der Waals surface area contributed by atoms with Crippen LogP contribution in [0.4, 0.5) is 4.39 Å². The van der Waals surface area contributed by atoms with E-state index in [1.165, 1.54) is 17.1 Å². The van der Waals surface area contributed by atoms with Crippen LogP contribution in [-0.2, 0) is 15.3 Å². The second-order valence-corrected chi connectivity index (χ2v) is 7.93. The zero-order chi connectivity index (χ0) is 20.4. The molecule has 0 aliphatic carbocycles. The predicted molar refractivity (Wildman–Crippen MR) is 107 cm³/mol. The third-order valence-corrected chi connectivity index (χ3v) is 4.65. The Morgan fingerprint density at radius 1 is 1.18 bits per heavy atom. The van der Waals surface area contributed by atoms with Gasteiger partial charge in [-0.1, -0.05) is 57.2 Å². The van der Waals surface area contributed by atoms with E-state index in [0.717, 1.165) is 5.56 Å². The molecule has 0 saturated heterocycles. The monoisotopic (exact) mass is 383 g/mol. The van der Waals surface area contributed by atoms with Gasteiger partial charge < -0.3 is 10.5 Å². The number of carbonyl (C=O) groups is 1. The fourth-order valence-corrected chi connectivity index (χ4v) is 3.18. The molecule has 2 N–H and O–H groups in total. The lowest BCUT2D eigenvalue weighted by Gasteiger charge is -2.38. The second kappa shape index (κ2) is 7.72. The number of hydrazone groups is 1. The number of nitrogens with zero attached hydrogens (tertiary/aromatic N) is 2. The summed E-state index contributed by atoms with van der Waals surface area (Å²) in [6.07, 6.45) is 1.10. The largest absolute Gasteiger partial charge is 0.443 e. The van der Waals surface area contributed by atoms with Crippen LogP contribution in [0.3, 0.4) is 0 Å². The van der Waals surface area contributed by atoms with Gasteiger partial charge >= 0.3 is 0 Å². The molecule has 1 aliphatic heterocycles. The quantitative estimate of drug-likeness (QED) is 0.849. The van der Waals surface area contributed by atoms with Gasteiger partial charge in [-0.2, -0.15) is 5.01 Å². The van der Waals surface area contributed by atoms with Gasteiger partial charge in [0.05, 0.1) is 0 Å². The van der Waals surface area contributed by atoms with Crippen LogP contribution in [0.5, 0.6) is 0 Å². The van der Waals surface area contributed by atoms with Gasteiger partial charge in [-0.3, -0.25) is 4.79 Å².